The predicted octanol–water partition coefficient (Wildman–Crippen LogP) is 9.24. The first-order valence-corrected chi connectivity index (χ1v) is 14.9. The van der Waals surface area contributed by atoms with Crippen molar-refractivity contribution >= 4 is 5.91 Å². The molecular weight excluding hydrogens is 506 g/mol. The molecule has 1 atom stereocenters. The summed E-state index contributed by atoms with van der Waals surface area (Å²) in [5.41, 5.74) is 2.55. The molecule has 0 radical (unpaired) electrons. The van der Waals surface area contributed by atoms with Crippen molar-refractivity contribution in [2.75, 3.05) is 19.7 Å². The minimum Gasteiger partial charge on any atom is -0.396 e. The number of hydrogen-bond donors (Lipinski definition) is 1. The van der Waals surface area contributed by atoms with E-state index in [1.54, 1.807) is 6.08 Å². The molecule has 0 aliphatic rings. The largest absolute Gasteiger partial charge is 0.396 e. The van der Waals surface area contributed by atoms with E-state index in [9.17, 15) is 9.90 Å². The van der Waals surface area contributed by atoms with Gasteiger partial charge in [-0.15, -0.1) is 0 Å². The van der Waals surface area contributed by atoms with E-state index in [1.807, 2.05) is 102 Å². The maximum absolute atomic E-state index is 13.4. The van der Waals surface area contributed by atoms with Gasteiger partial charge in [-0.1, -0.05) is 123 Å². The van der Waals surface area contributed by atoms with Crippen molar-refractivity contribution in [1.82, 2.24) is 14.5 Å². The lowest BCUT2D eigenvalue weighted by Crippen LogP contribution is -2.39. The zero-order valence-electron chi connectivity index (χ0n) is 27.3. The van der Waals surface area contributed by atoms with Crippen molar-refractivity contribution in [3.8, 4) is 0 Å². The predicted molar refractivity (Wildman–Crippen MR) is 182 cm³/mol. The summed E-state index contributed by atoms with van der Waals surface area (Å²) in [6.07, 6.45) is 21.2. The molecule has 1 rings (SSSR count). The smallest absolute Gasteiger partial charge is 0.223 e. The van der Waals surface area contributed by atoms with Crippen molar-refractivity contribution < 1.29 is 9.90 Å². The van der Waals surface area contributed by atoms with Crippen LogP contribution in [-0.2, 0) is 16.8 Å². The van der Waals surface area contributed by atoms with Gasteiger partial charge in [-0.25, -0.2) is 4.98 Å². The Labute approximate surface area is 254 Å². The first kappa shape index (κ1) is 42.5. The molecule has 0 fully saturated rings. The minimum absolute atomic E-state index is 0. The van der Waals surface area contributed by atoms with Gasteiger partial charge in [0.05, 0.1) is 6.33 Å². The number of nitrogens with zero attached hydrogens (tertiary/aromatic N) is 3. The van der Waals surface area contributed by atoms with E-state index in [0.717, 1.165) is 29.7 Å². The highest BCUT2D eigenvalue weighted by Crippen LogP contribution is 2.32. The fraction of sp³-hybridized carbons (Fsp3) is 0.556. The Bertz CT molecular complexity index is 979. The van der Waals surface area contributed by atoms with E-state index in [2.05, 4.69) is 49.6 Å². The summed E-state index contributed by atoms with van der Waals surface area (Å²) in [6.45, 7) is 29.9. The molecule has 234 valence electrons. The molecule has 0 saturated heterocycles. The number of hydrogen-bond acceptors (Lipinski definition) is 3. The fourth-order valence-corrected chi connectivity index (χ4v) is 4.22. The minimum atomic E-state index is -0.387. The van der Waals surface area contributed by atoms with Gasteiger partial charge in [0.1, 0.15) is 0 Å². The molecule has 0 aliphatic carbocycles. The van der Waals surface area contributed by atoms with Crippen LogP contribution in [0.1, 0.15) is 102 Å². The Morgan fingerprint density at radius 3 is 2.20 bits per heavy atom. The van der Waals surface area contributed by atoms with E-state index in [1.165, 1.54) is 0 Å². The summed E-state index contributed by atoms with van der Waals surface area (Å²) < 4.78 is 2.10. The van der Waals surface area contributed by atoms with Gasteiger partial charge >= 0.3 is 0 Å². The van der Waals surface area contributed by atoms with Gasteiger partial charge in [0, 0.05) is 50.0 Å². The third kappa shape index (κ3) is 15.6. The molecule has 1 heterocycles. The van der Waals surface area contributed by atoms with Gasteiger partial charge in [-0.05, 0) is 44.6 Å². The van der Waals surface area contributed by atoms with Crippen LogP contribution in [0.2, 0.25) is 0 Å². The van der Waals surface area contributed by atoms with Crippen LogP contribution in [-0.4, -0.2) is 45.2 Å². The van der Waals surface area contributed by atoms with Crippen LogP contribution >= 0.6 is 0 Å². The first-order chi connectivity index (χ1) is 19.1. The first-order valence-electron chi connectivity index (χ1n) is 14.9. The molecule has 1 N–H and O–H groups in total. The van der Waals surface area contributed by atoms with E-state index in [0.29, 0.717) is 26.1 Å². The van der Waals surface area contributed by atoms with Crippen molar-refractivity contribution in [2.24, 2.45) is 5.41 Å². The van der Waals surface area contributed by atoms with Gasteiger partial charge in [0.2, 0.25) is 5.91 Å². The van der Waals surface area contributed by atoms with E-state index in [-0.39, 0.29) is 30.8 Å². The third-order valence-corrected chi connectivity index (χ3v) is 6.67. The molecule has 1 aromatic rings. The quantitative estimate of drug-likeness (QED) is 0.202. The van der Waals surface area contributed by atoms with E-state index < -0.39 is 0 Å². The SMILES string of the molecule is C.C=C/C=C\C(=C/C)CC(C)(CO)CCN(CC)C(=O)CC(C)(C)c1cncn1C/C(C=C)=C/C=C\C.CC.CC. The second kappa shape index (κ2) is 23.8. The van der Waals surface area contributed by atoms with Crippen molar-refractivity contribution in [3.63, 3.8) is 0 Å². The Morgan fingerprint density at radius 1 is 1.07 bits per heavy atom. The average molecular weight is 570 g/mol. The van der Waals surface area contributed by atoms with E-state index >= 15 is 0 Å². The Hall–Kier alpha value is -2.92. The number of imidazole rings is 1. The molecule has 0 aromatic carbocycles. The van der Waals surface area contributed by atoms with Gasteiger partial charge in [0.15, 0.2) is 0 Å². The zero-order valence-corrected chi connectivity index (χ0v) is 27.3. The van der Waals surface area contributed by atoms with Crippen LogP contribution < -0.4 is 0 Å². The van der Waals surface area contributed by atoms with Gasteiger partial charge < -0.3 is 14.6 Å². The number of carbonyl (C=O) groups excluding carboxylic acids is 1. The summed E-state index contributed by atoms with van der Waals surface area (Å²) in [6, 6.07) is 0. The maximum atomic E-state index is 13.4. The lowest BCUT2D eigenvalue weighted by atomic mass is 9.80. The molecule has 1 unspecified atom stereocenters. The van der Waals surface area contributed by atoms with Crippen LogP contribution in [0.25, 0.3) is 0 Å². The lowest BCUT2D eigenvalue weighted by Gasteiger charge is -2.33. The molecule has 0 saturated carbocycles. The monoisotopic (exact) mass is 569 g/mol. The molecule has 0 bridgehead atoms. The topological polar surface area (TPSA) is 58.4 Å². The third-order valence-electron chi connectivity index (χ3n) is 6.67. The highest BCUT2D eigenvalue weighted by Gasteiger charge is 2.31. The van der Waals surface area contributed by atoms with Crippen molar-refractivity contribution in [2.45, 2.75) is 108 Å². The second-order valence-electron chi connectivity index (χ2n) is 10.3. The highest BCUT2D eigenvalue weighted by atomic mass is 16.3. The number of amides is 1. The average Bonchev–Trinajstić information content (AvgIpc) is 3.45. The summed E-state index contributed by atoms with van der Waals surface area (Å²) in [5.74, 6) is 0.113. The molecular formula is C36H63N3O2. The molecule has 0 spiro atoms. The van der Waals surface area contributed by atoms with Gasteiger partial charge in [-0.2, -0.15) is 0 Å². The molecule has 41 heavy (non-hydrogen) atoms. The number of allylic oxidation sites excluding steroid dienone is 10. The molecule has 1 amide bonds. The van der Waals surface area contributed by atoms with Crippen molar-refractivity contribution in [1.29, 1.82) is 0 Å². The Kier molecular flexibility index (Phi) is 24.6. The summed E-state index contributed by atoms with van der Waals surface area (Å²) in [4.78, 5) is 19.7. The number of rotatable bonds is 16. The normalized spacial score (nSPS) is 13.3. The Morgan fingerprint density at radius 2 is 1.71 bits per heavy atom. The number of aliphatic hydroxyl groups excluding tert-OH is 1. The summed E-state index contributed by atoms with van der Waals surface area (Å²) in [5, 5.41) is 10.2. The zero-order chi connectivity index (χ0) is 31.2. The fourth-order valence-electron chi connectivity index (χ4n) is 4.22. The molecule has 5 nitrogen and oxygen atoms in total. The number of aliphatic hydroxyl groups is 1. The number of aromatic nitrogens is 2. The summed E-state index contributed by atoms with van der Waals surface area (Å²) >= 11 is 0. The molecule has 1 aromatic heterocycles. The van der Waals surface area contributed by atoms with Crippen LogP contribution in [0.5, 0.6) is 0 Å². The lowest BCUT2D eigenvalue weighted by molar-refractivity contribution is -0.132. The summed E-state index contributed by atoms with van der Waals surface area (Å²) in [7, 11) is 0. The molecule has 0 aliphatic heterocycles. The van der Waals surface area contributed by atoms with E-state index in [4.69, 9.17) is 0 Å². The van der Waals surface area contributed by atoms with Crippen LogP contribution in [0.15, 0.2) is 85.4 Å². The van der Waals surface area contributed by atoms with Crippen LogP contribution in [0.3, 0.4) is 0 Å². The van der Waals surface area contributed by atoms with Crippen molar-refractivity contribution in [3.05, 3.63) is 91.1 Å². The molecule has 5 heteroatoms. The number of carbonyl (C=O) groups is 1. The Balaban J connectivity index is -0.00000276. The highest BCUT2D eigenvalue weighted by molar-refractivity contribution is 5.77. The standard InChI is InChI=1S/C31H47N3O2.2C2H6.CH4/c1-9-14-16-26(11-3)20-31(8,24-35)18-19-33(13-5)29(36)21-30(6,7)28-22-32-25-34(28)23-27(12-4)17-15-10-2;2*1-2;/h9-12,14-17,22,25,35H,1,4,13,18-21,23-24H2,2-3,5-8H3;2*1-2H3;1H4/b15-10-,16-14-,26-11+,27-17+;;;. The van der Waals surface area contributed by atoms with Crippen LogP contribution in [0.4, 0.5) is 0 Å². The van der Waals surface area contributed by atoms with Gasteiger partial charge in [0.25, 0.3) is 0 Å². The van der Waals surface area contributed by atoms with Gasteiger partial charge in [-0.3, -0.25) is 4.79 Å². The second-order valence-corrected chi connectivity index (χ2v) is 10.3. The maximum Gasteiger partial charge on any atom is 0.223 e. The van der Waals surface area contributed by atoms with Crippen LogP contribution in [0, 0.1) is 5.41 Å².